The number of methoxy groups -OCH3 is 1. The van der Waals surface area contributed by atoms with Crippen molar-refractivity contribution in [3.05, 3.63) is 29.8 Å². The van der Waals surface area contributed by atoms with Crippen molar-refractivity contribution in [1.29, 1.82) is 0 Å². The molecule has 0 radical (unpaired) electrons. The van der Waals surface area contributed by atoms with Crippen molar-refractivity contribution in [3.63, 3.8) is 0 Å². The fourth-order valence-electron chi connectivity index (χ4n) is 4.95. The van der Waals surface area contributed by atoms with Crippen LogP contribution in [0.15, 0.2) is 24.3 Å². The number of rotatable bonds is 4. The SMILES string of the molecule is COc1ccc(C(=O)NC2CC3C(=O)NC4CCN(C(=O)C5CC5)C4C(=O)N3C2)cc1. The van der Waals surface area contributed by atoms with E-state index in [1.165, 1.54) is 0 Å². The third-order valence-electron chi connectivity index (χ3n) is 6.76. The quantitative estimate of drug-likeness (QED) is 0.699. The Morgan fingerprint density at radius 3 is 2.55 bits per heavy atom. The summed E-state index contributed by atoms with van der Waals surface area (Å²) in [6.07, 6.45) is 2.70. The van der Waals surface area contributed by atoms with E-state index < -0.39 is 12.1 Å². The van der Waals surface area contributed by atoms with E-state index in [4.69, 9.17) is 4.74 Å². The first-order valence-electron chi connectivity index (χ1n) is 10.8. The van der Waals surface area contributed by atoms with Crippen LogP contribution in [0.5, 0.6) is 5.75 Å². The van der Waals surface area contributed by atoms with Gasteiger partial charge in [0.1, 0.15) is 17.8 Å². The standard InChI is InChI=1S/C22H26N4O5/c1-31-15-6-4-12(5-7-15)19(27)23-14-10-17-20(28)24-16-8-9-25(21(29)13-2-3-13)18(16)22(30)26(17)11-14/h4-7,13-14,16-18H,2-3,8-11H2,1H3,(H,23,27)(H,24,28). The molecule has 1 aromatic rings. The molecule has 4 unspecified atom stereocenters. The Morgan fingerprint density at radius 2 is 1.87 bits per heavy atom. The maximum atomic E-state index is 13.4. The van der Waals surface area contributed by atoms with Gasteiger partial charge in [0.25, 0.3) is 5.91 Å². The van der Waals surface area contributed by atoms with Crippen LogP contribution in [0.25, 0.3) is 0 Å². The molecule has 9 heteroatoms. The molecule has 4 atom stereocenters. The molecule has 1 aliphatic carbocycles. The molecule has 4 amide bonds. The lowest BCUT2D eigenvalue weighted by Crippen LogP contribution is -2.53. The summed E-state index contributed by atoms with van der Waals surface area (Å²) in [5.41, 5.74) is 0.482. The average molecular weight is 426 g/mol. The van der Waals surface area contributed by atoms with Crippen molar-refractivity contribution in [2.45, 2.75) is 49.9 Å². The molecular formula is C22H26N4O5. The molecule has 3 heterocycles. The second-order valence-electron chi connectivity index (χ2n) is 8.80. The number of amides is 4. The van der Waals surface area contributed by atoms with Crippen molar-refractivity contribution in [1.82, 2.24) is 20.4 Å². The first kappa shape index (κ1) is 19.8. The molecule has 4 aliphatic rings. The highest BCUT2D eigenvalue weighted by atomic mass is 16.5. The van der Waals surface area contributed by atoms with Crippen LogP contribution in [0.3, 0.4) is 0 Å². The summed E-state index contributed by atoms with van der Waals surface area (Å²) in [7, 11) is 1.56. The van der Waals surface area contributed by atoms with Gasteiger partial charge in [0.15, 0.2) is 0 Å². The van der Waals surface area contributed by atoms with Gasteiger partial charge in [0.2, 0.25) is 17.7 Å². The predicted molar refractivity (Wildman–Crippen MR) is 109 cm³/mol. The Balaban J connectivity index is 1.30. The minimum Gasteiger partial charge on any atom is -0.497 e. The zero-order valence-electron chi connectivity index (χ0n) is 17.4. The van der Waals surface area contributed by atoms with E-state index in [-0.39, 0.29) is 48.2 Å². The lowest BCUT2D eigenvalue weighted by atomic mass is 10.1. The summed E-state index contributed by atoms with van der Waals surface area (Å²) in [5.74, 6) is 0.0456. The van der Waals surface area contributed by atoms with Gasteiger partial charge in [0, 0.05) is 30.6 Å². The van der Waals surface area contributed by atoms with Crippen LogP contribution in [0.1, 0.15) is 36.0 Å². The van der Waals surface area contributed by atoms with E-state index in [0.29, 0.717) is 30.7 Å². The van der Waals surface area contributed by atoms with Crippen LogP contribution in [-0.2, 0) is 14.4 Å². The second kappa shape index (κ2) is 7.55. The van der Waals surface area contributed by atoms with Crippen molar-refractivity contribution in [2.75, 3.05) is 20.2 Å². The number of nitrogens with zero attached hydrogens (tertiary/aromatic N) is 2. The number of carbonyl (C=O) groups is 4. The molecule has 3 saturated heterocycles. The number of nitrogens with one attached hydrogen (secondary N) is 2. The van der Waals surface area contributed by atoms with Crippen molar-refractivity contribution < 1.29 is 23.9 Å². The Labute approximate surface area is 180 Å². The Hall–Kier alpha value is -3.10. The van der Waals surface area contributed by atoms with Gasteiger partial charge in [-0.2, -0.15) is 0 Å². The number of likely N-dealkylation sites (tertiary alicyclic amines) is 1. The summed E-state index contributed by atoms with van der Waals surface area (Å²) in [4.78, 5) is 54.8. The Bertz CT molecular complexity index is 928. The lowest BCUT2D eigenvalue weighted by molar-refractivity contribution is -0.145. The minimum absolute atomic E-state index is 0.0245. The smallest absolute Gasteiger partial charge is 0.251 e. The molecule has 0 spiro atoms. The highest BCUT2D eigenvalue weighted by Crippen LogP contribution is 2.36. The monoisotopic (exact) mass is 426 g/mol. The summed E-state index contributed by atoms with van der Waals surface area (Å²) in [6, 6.07) is 4.82. The normalized spacial score (nSPS) is 29.7. The first-order valence-corrected chi connectivity index (χ1v) is 10.8. The van der Waals surface area contributed by atoms with Crippen LogP contribution in [-0.4, -0.2) is 77.8 Å². The van der Waals surface area contributed by atoms with Gasteiger partial charge in [-0.1, -0.05) is 0 Å². The Kier molecular flexibility index (Phi) is 4.83. The average Bonchev–Trinajstić information content (AvgIpc) is 3.43. The van der Waals surface area contributed by atoms with E-state index in [1.54, 1.807) is 41.2 Å². The topological polar surface area (TPSA) is 108 Å². The van der Waals surface area contributed by atoms with Crippen LogP contribution in [0.2, 0.25) is 0 Å². The molecule has 3 aliphatic heterocycles. The molecule has 5 rings (SSSR count). The van der Waals surface area contributed by atoms with Crippen LogP contribution < -0.4 is 15.4 Å². The third-order valence-corrected chi connectivity index (χ3v) is 6.76. The third kappa shape index (κ3) is 3.51. The number of hydrogen-bond donors (Lipinski definition) is 2. The fraction of sp³-hybridized carbons (Fsp3) is 0.545. The van der Waals surface area contributed by atoms with Gasteiger partial charge >= 0.3 is 0 Å². The number of benzene rings is 1. The molecule has 31 heavy (non-hydrogen) atoms. The highest BCUT2D eigenvalue weighted by molar-refractivity contribution is 5.98. The molecule has 4 fully saturated rings. The zero-order valence-corrected chi connectivity index (χ0v) is 17.4. The van der Waals surface area contributed by atoms with E-state index in [9.17, 15) is 19.2 Å². The van der Waals surface area contributed by atoms with Crippen molar-refractivity contribution >= 4 is 23.6 Å². The largest absolute Gasteiger partial charge is 0.497 e. The van der Waals surface area contributed by atoms with E-state index >= 15 is 0 Å². The molecular weight excluding hydrogens is 400 g/mol. The number of carbonyl (C=O) groups excluding carboxylic acids is 4. The molecule has 164 valence electrons. The Morgan fingerprint density at radius 1 is 1.13 bits per heavy atom. The highest BCUT2D eigenvalue weighted by Gasteiger charge is 2.53. The maximum Gasteiger partial charge on any atom is 0.251 e. The second-order valence-corrected chi connectivity index (χ2v) is 8.80. The summed E-state index contributed by atoms with van der Waals surface area (Å²) < 4.78 is 5.11. The van der Waals surface area contributed by atoms with Gasteiger partial charge in [-0.3, -0.25) is 19.2 Å². The van der Waals surface area contributed by atoms with E-state index in [0.717, 1.165) is 12.8 Å². The van der Waals surface area contributed by atoms with E-state index in [2.05, 4.69) is 10.6 Å². The first-order chi connectivity index (χ1) is 15.0. The summed E-state index contributed by atoms with van der Waals surface area (Å²) in [5, 5.41) is 5.92. The molecule has 1 aromatic carbocycles. The van der Waals surface area contributed by atoms with Crippen molar-refractivity contribution in [2.24, 2.45) is 5.92 Å². The lowest BCUT2D eigenvalue weighted by Gasteiger charge is -2.29. The fourth-order valence-corrected chi connectivity index (χ4v) is 4.95. The molecule has 1 saturated carbocycles. The molecule has 2 N–H and O–H groups in total. The maximum absolute atomic E-state index is 13.4. The summed E-state index contributed by atoms with van der Waals surface area (Å²) in [6.45, 7) is 0.750. The summed E-state index contributed by atoms with van der Waals surface area (Å²) >= 11 is 0. The number of fused-ring (bicyclic) bond motifs is 2. The van der Waals surface area contributed by atoms with Crippen LogP contribution in [0, 0.1) is 5.92 Å². The van der Waals surface area contributed by atoms with Gasteiger partial charge in [-0.25, -0.2) is 0 Å². The van der Waals surface area contributed by atoms with E-state index in [1.807, 2.05) is 0 Å². The minimum atomic E-state index is -0.641. The van der Waals surface area contributed by atoms with Crippen molar-refractivity contribution in [3.8, 4) is 5.75 Å². The predicted octanol–water partition coefficient (Wildman–Crippen LogP) is -0.0962. The number of hydrogen-bond acceptors (Lipinski definition) is 5. The van der Waals surface area contributed by atoms with Crippen LogP contribution in [0.4, 0.5) is 0 Å². The van der Waals surface area contributed by atoms with Crippen LogP contribution >= 0.6 is 0 Å². The van der Waals surface area contributed by atoms with Gasteiger partial charge < -0.3 is 25.2 Å². The molecule has 0 bridgehead atoms. The zero-order chi connectivity index (χ0) is 21.7. The van der Waals surface area contributed by atoms with Gasteiger partial charge in [0.05, 0.1) is 13.2 Å². The molecule has 9 nitrogen and oxygen atoms in total. The van der Waals surface area contributed by atoms with Gasteiger partial charge in [-0.15, -0.1) is 0 Å². The number of ether oxygens (including phenoxy) is 1. The molecule has 0 aromatic heterocycles. The van der Waals surface area contributed by atoms with Gasteiger partial charge in [-0.05, 0) is 49.9 Å².